The fraction of sp³-hybridized carbons (Fsp3) is 0. The Hall–Kier alpha value is -2.71. The molecule has 5 rings (SSSR count). The SMILES string of the molecule is Oc1cccc2c1oc1cc3c(ccc4ccc(Cl)cc43)cc12. The molecule has 110 valence electrons. The predicted molar refractivity (Wildman–Crippen MR) is 95.4 cm³/mol. The van der Waals surface area contributed by atoms with Crippen molar-refractivity contribution in [1.82, 2.24) is 0 Å². The number of para-hydroxylation sites is 1. The highest BCUT2D eigenvalue weighted by atomic mass is 35.5. The standard InChI is InChI=1S/C20H11ClO2/c21-13-7-6-11-4-5-12-8-17-14-2-1-3-18(22)20(14)23-19(17)10-16(12)15(11)9-13/h1-10,22H. The van der Waals surface area contributed by atoms with Crippen LogP contribution in [0.4, 0.5) is 0 Å². The van der Waals surface area contributed by atoms with Crippen molar-refractivity contribution < 1.29 is 9.52 Å². The Morgan fingerprint density at radius 1 is 0.739 bits per heavy atom. The third kappa shape index (κ3) is 1.76. The Balaban J connectivity index is 2.01. The zero-order valence-electron chi connectivity index (χ0n) is 12.0. The van der Waals surface area contributed by atoms with Gasteiger partial charge in [0, 0.05) is 15.8 Å². The van der Waals surface area contributed by atoms with Crippen molar-refractivity contribution in [3.63, 3.8) is 0 Å². The zero-order chi connectivity index (χ0) is 15.6. The van der Waals surface area contributed by atoms with Gasteiger partial charge in [0.05, 0.1) is 0 Å². The molecule has 1 aromatic heterocycles. The van der Waals surface area contributed by atoms with Crippen molar-refractivity contribution in [2.45, 2.75) is 0 Å². The molecule has 0 unspecified atom stereocenters. The van der Waals surface area contributed by atoms with E-state index in [1.54, 1.807) is 6.07 Å². The lowest BCUT2D eigenvalue weighted by atomic mass is 10.00. The highest BCUT2D eigenvalue weighted by molar-refractivity contribution is 6.32. The van der Waals surface area contributed by atoms with Gasteiger partial charge in [-0.2, -0.15) is 0 Å². The molecule has 0 bridgehead atoms. The molecule has 0 aliphatic heterocycles. The molecule has 0 fully saturated rings. The van der Waals surface area contributed by atoms with E-state index in [0.717, 1.165) is 37.9 Å². The Morgan fingerprint density at radius 2 is 1.52 bits per heavy atom. The fourth-order valence-electron chi connectivity index (χ4n) is 3.30. The van der Waals surface area contributed by atoms with E-state index in [1.165, 1.54) is 0 Å². The summed E-state index contributed by atoms with van der Waals surface area (Å²) >= 11 is 6.17. The van der Waals surface area contributed by atoms with Crippen LogP contribution in [0.2, 0.25) is 5.02 Å². The molecular formula is C20H11ClO2. The van der Waals surface area contributed by atoms with Crippen LogP contribution in [0.5, 0.6) is 5.75 Å². The van der Waals surface area contributed by atoms with Gasteiger partial charge in [0.25, 0.3) is 0 Å². The van der Waals surface area contributed by atoms with Crippen molar-refractivity contribution in [3.8, 4) is 5.75 Å². The first-order valence-electron chi connectivity index (χ1n) is 7.37. The number of fused-ring (bicyclic) bond motifs is 6. The Bertz CT molecular complexity index is 1230. The van der Waals surface area contributed by atoms with Crippen LogP contribution in [0.15, 0.2) is 65.1 Å². The molecule has 0 saturated carbocycles. The van der Waals surface area contributed by atoms with Crippen molar-refractivity contribution in [1.29, 1.82) is 0 Å². The van der Waals surface area contributed by atoms with Crippen LogP contribution < -0.4 is 0 Å². The molecule has 0 saturated heterocycles. The number of halogens is 1. The number of phenolic OH excluding ortho intramolecular Hbond substituents is 1. The van der Waals surface area contributed by atoms with Crippen LogP contribution in [-0.4, -0.2) is 5.11 Å². The smallest absolute Gasteiger partial charge is 0.177 e. The number of benzene rings is 4. The maximum Gasteiger partial charge on any atom is 0.177 e. The van der Waals surface area contributed by atoms with Crippen molar-refractivity contribution in [2.75, 3.05) is 0 Å². The van der Waals surface area contributed by atoms with Gasteiger partial charge in [0.1, 0.15) is 5.58 Å². The first-order valence-corrected chi connectivity index (χ1v) is 7.75. The Labute approximate surface area is 136 Å². The van der Waals surface area contributed by atoms with E-state index in [0.29, 0.717) is 10.6 Å². The second kappa shape index (κ2) is 4.40. The lowest BCUT2D eigenvalue weighted by Crippen LogP contribution is -1.78. The fourth-order valence-corrected chi connectivity index (χ4v) is 3.48. The number of hydrogen-bond acceptors (Lipinski definition) is 2. The minimum absolute atomic E-state index is 0.163. The average molecular weight is 319 g/mol. The van der Waals surface area contributed by atoms with Crippen LogP contribution in [0.3, 0.4) is 0 Å². The van der Waals surface area contributed by atoms with Gasteiger partial charge in [0.15, 0.2) is 11.3 Å². The molecule has 0 atom stereocenters. The quantitative estimate of drug-likeness (QED) is 0.342. The summed E-state index contributed by atoms with van der Waals surface area (Å²) in [5, 5.41) is 17.1. The van der Waals surface area contributed by atoms with Gasteiger partial charge in [0.2, 0.25) is 0 Å². The maximum atomic E-state index is 10.0. The van der Waals surface area contributed by atoms with E-state index < -0.39 is 0 Å². The zero-order valence-corrected chi connectivity index (χ0v) is 12.8. The molecule has 3 heteroatoms. The second-order valence-corrected chi connectivity index (χ2v) is 6.19. The molecule has 0 amide bonds. The molecule has 5 aromatic rings. The van der Waals surface area contributed by atoms with E-state index in [2.05, 4.69) is 18.2 Å². The van der Waals surface area contributed by atoms with Crippen LogP contribution in [-0.2, 0) is 0 Å². The van der Waals surface area contributed by atoms with Gasteiger partial charge >= 0.3 is 0 Å². The minimum atomic E-state index is 0.163. The van der Waals surface area contributed by atoms with E-state index in [4.69, 9.17) is 16.0 Å². The summed E-state index contributed by atoms with van der Waals surface area (Å²) in [5.74, 6) is 0.163. The summed E-state index contributed by atoms with van der Waals surface area (Å²) in [6.07, 6.45) is 0. The van der Waals surface area contributed by atoms with Gasteiger partial charge in [-0.3, -0.25) is 0 Å². The van der Waals surface area contributed by atoms with Gasteiger partial charge in [-0.05, 0) is 51.9 Å². The highest BCUT2D eigenvalue weighted by Crippen LogP contribution is 2.38. The first kappa shape index (κ1) is 12.8. The molecule has 0 aliphatic rings. The second-order valence-electron chi connectivity index (χ2n) is 5.76. The third-order valence-corrected chi connectivity index (χ3v) is 4.63. The highest BCUT2D eigenvalue weighted by Gasteiger charge is 2.12. The van der Waals surface area contributed by atoms with Crippen LogP contribution in [0.1, 0.15) is 0 Å². The summed E-state index contributed by atoms with van der Waals surface area (Å²) < 4.78 is 5.89. The average Bonchev–Trinajstić information content (AvgIpc) is 2.92. The lowest BCUT2D eigenvalue weighted by Gasteiger charge is -2.04. The molecule has 2 nitrogen and oxygen atoms in total. The molecule has 23 heavy (non-hydrogen) atoms. The van der Waals surface area contributed by atoms with Crippen LogP contribution in [0.25, 0.3) is 43.5 Å². The predicted octanol–water partition coefficient (Wildman–Crippen LogP) is 6.25. The summed E-state index contributed by atoms with van der Waals surface area (Å²) in [7, 11) is 0. The minimum Gasteiger partial charge on any atom is -0.504 e. The van der Waals surface area contributed by atoms with Crippen LogP contribution >= 0.6 is 11.6 Å². The van der Waals surface area contributed by atoms with Gasteiger partial charge in [-0.15, -0.1) is 0 Å². The number of aromatic hydroxyl groups is 1. The molecule has 1 heterocycles. The molecule has 0 spiro atoms. The van der Waals surface area contributed by atoms with Crippen molar-refractivity contribution in [2.24, 2.45) is 0 Å². The maximum absolute atomic E-state index is 10.0. The normalized spacial score (nSPS) is 11.9. The van der Waals surface area contributed by atoms with E-state index >= 15 is 0 Å². The summed E-state index contributed by atoms with van der Waals surface area (Å²) in [4.78, 5) is 0. The van der Waals surface area contributed by atoms with Crippen molar-refractivity contribution >= 4 is 55.1 Å². The van der Waals surface area contributed by atoms with Crippen molar-refractivity contribution in [3.05, 3.63) is 65.7 Å². The largest absolute Gasteiger partial charge is 0.504 e. The topological polar surface area (TPSA) is 33.4 Å². The van der Waals surface area contributed by atoms with Crippen LogP contribution in [0, 0.1) is 0 Å². The Kier molecular flexibility index (Phi) is 2.45. The van der Waals surface area contributed by atoms with Gasteiger partial charge in [-0.1, -0.05) is 41.9 Å². The summed E-state index contributed by atoms with van der Waals surface area (Å²) in [6.45, 7) is 0. The monoisotopic (exact) mass is 318 g/mol. The number of rotatable bonds is 0. The molecule has 0 aliphatic carbocycles. The summed E-state index contributed by atoms with van der Waals surface area (Å²) in [6, 6.07) is 19.7. The molecule has 4 aromatic carbocycles. The molecular weight excluding hydrogens is 308 g/mol. The molecule has 1 N–H and O–H groups in total. The number of phenols is 1. The number of hydrogen-bond donors (Lipinski definition) is 1. The van der Waals surface area contributed by atoms with E-state index in [9.17, 15) is 5.11 Å². The van der Waals surface area contributed by atoms with Gasteiger partial charge < -0.3 is 9.52 Å². The summed E-state index contributed by atoms with van der Waals surface area (Å²) in [5.41, 5.74) is 1.29. The van der Waals surface area contributed by atoms with E-state index in [-0.39, 0.29) is 5.75 Å². The molecule has 0 radical (unpaired) electrons. The number of furan rings is 1. The lowest BCUT2D eigenvalue weighted by molar-refractivity contribution is 0.469. The Morgan fingerprint density at radius 3 is 2.43 bits per heavy atom. The first-order chi connectivity index (χ1) is 11.2. The third-order valence-electron chi connectivity index (χ3n) is 4.40. The van der Waals surface area contributed by atoms with Gasteiger partial charge in [-0.25, -0.2) is 0 Å². The van der Waals surface area contributed by atoms with E-state index in [1.807, 2.05) is 36.4 Å².